The van der Waals surface area contributed by atoms with Crippen LogP contribution in [0.3, 0.4) is 0 Å². The van der Waals surface area contributed by atoms with Crippen LogP contribution in [0.2, 0.25) is 5.02 Å². The van der Waals surface area contributed by atoms with Crippen molar-refractivity contribution in [1.29, 1.82) is 0 Å². The second-order valence-electron chi connectivity index (χ2n) is 9.42. The average Bonchev–Trinajstić information content (AvgIpc) is 3.57. The fourth-order valence-electron chi connectivity index (χ4n) is 4.86. The zero-order chi connectivity index (χ0) is 27.1. The second-order valence-corrected chi connectivity index (χ2v) is 12.7. The zero-order valence-corrected chi connectivity index (χ0v) is 23.4. The molecule has 0 fully saturated rings. The number of fused-ring (bicyclic) bond motifs is 2. The summed E-state index contributed by atoms with van der Waals surface area (Å²) in [4.78, 5) is 20.4. The van der Waals surface area contributed by atoms with Gasteiger partial charge in [-0.15, -0.1) is 0 Å². The third kappa shape index (κ3) is 4.80. The minimum absolute atomic E-state index is 0.149. The van der Waals surface area contributed by atoms with E-state index < -0.39 is 10.0 Å². The maximum Gasteiger partial charge on any atom is 0.264 e. The van der Waals surface area contributed by atoms with Crippen LogP contribution < -0.4 is 9.21 Å². The van der Waals surface area contributed by atoms with E-state index in [0.29, 0.717) is 40.9 Å². The Bertz CT molecular complexity index is 1800. The van der Waals surface area contributed by atoms with Crippen molar-refractivity contribution in [2.45, 2.75) is 24.8 Å². The van der Waals surface area contributed by atoms with E-state index in [9.17, 15) is 13.2 Å². The SMILES string of the molecule is Cc1cc(Cl)cc2sc(N(Cc3ccccc3)C(=O)c3ccc(S(=O)(=O)N4CCc5ccccc54)cc3)nc12. The van der Waals surface area contributed by atoms with Crippen LogP contribution in [0, 0.1) is 6.92 Å². The van der Waals surface area contributed by atoms with Gasteiger partial charge >= 0.3 is 0 Å². The number of aromatic nitrogens is 1. The van der Waals surface area contributed by atoms with Crippen molar-refractivity contribution in [3.05, 3.63) is 118 Å². The number of amides is 1. The van der Waals surface area contributed by atoms with E-state index in [1.165, 1.54) is 27.8 Å². The van der Waals surface area contributed by atoms with Crippen LogP contribution >= 0.6 is 22.9 Å². The summed E-state index contributed by atoms with van der Waals surface area (Å²) in [6.07, 6.45) is 0.674. The Hall–Kier alpha value is -3.72. The van der Waals surface area contributed by atoms with Gasteiger partial charge in [-0.2, -0.15) is 0 Å². The number of nitrogens with zero attached hydrogens (tertiary/aromatic N) is 3. The van der Waals surface area contributed by atoms with E-state index in [-0.39, 0.29) is 10.8 Å². The first-order chi connectivity index (χ1) is 18.8. The molecule has 0 saturated heterocycles. The van der Waals surface area contributed by atoms with Gasteiger partial charge < -0.3 is 0 Å². The van der Waals surface area contributed by atoms with Gasteiger partial charge in [-0.1, -0.05) is 71.5 Å². The van der Waals surface area contributed by atoms with E-state index >= 15 is 0 Å². The van der Waals surface area contributed by atoms with Gasteiger partial charge in [0.2, 0.25) is 0 Å². The summed E-state index contributed by atoms with van der Waals surface area (Å²) in [5, 5.41) is 1.17. The number of aryl methyl sites for hydroxylation is 1. The summed E-state index contributed by atoms with van der Waals surface area (Å²) in [6, 6.07) is 27.1. The molecule has 0 N–H and O–H groups in total. The van der Waals surface area contributed by atoms with Crippen molar-refractivity contribution in [3.8, 4) is 0 Å². The maximum atomic E-state index is 13.9. The standard InChI is InChI=1S/C30H24ClN3O3S2/c1-20-17-24(31)18-27-28(20)32-30(38-27)33(19-21-7-3-2-4-8-21)29(35)23-11-13-25(14-12-23)39(36,37)34-16-15-22-9-5-6-10-26(22)34/h2-14,17-18H,15-16,19H2,1H3. The fourth-order valence-corrected chi connectivity index (χ4v) is 7.78. The van der Waals surface area contributed by atoms with Crippen molar-refractivity contribution in [2.24, 2.45) is 0 Å². The monoisotopic (exact) mass is 573 g/mol. The number of thiazole rings is 1. The first-order valence-corrected chi connectivity index (χ1v) is 15.1. The minimum Gasteiger partial charge on any atom is -0.279 e. The van der Waals surface area contributed by atoms with Gasteiger partial charge in [0.15, 0.2) is 5.13 Å². The highest BCUT2D eigenvalue weighted by Crippen LogP contribution is 2.35. The van der Waals surface area contributed by atoms with Crippen molar-refractivity contribution < 1.29 is 13.2 Å². The lowest BCUT2D eigenvalue weighted by Gasteiger charge is -2.21. The Kier molecular flexibility index (Phi) is 6.62. The highest BCUT2D eigenvalue weighted by molar-refractivity contribution is 7.92. The molecule has 1 aromatic heterocycles. The molecule has 6 nitrogen and oxygen atoms in total. The van der Waals surface area contributed by atoms with Gasteiger partial charge in [-0.05, 0) is 72.5 Å². The second kappa shape index (κ2) is 10.1. The fraction of sp³-hybridized carbons (Fsp3) is 0.133. The molecule has 0 radical (unpaired) electrons. The van der Waals surface area contributed by atoms with Crippen LogP contribution in [0.5, 0.6) is 0 Å². The van der Waals surface area contributed by atoms with Gasteiger partial charge in [0.05, 0.1) is 27.3 Å². The molecule has 6 rings (SSSR count). The molecular weight excluding hydrogens is 550 g/mol. The average molecular weight is 574 g/mol. The number of sulfonamides is 1. The molecule has 0 spiro atoms. The highest BCUT2D eigenvalue weighted by Gasteiger charge is 2.31. The number of benzene rings is 4. The lowest BCUT2D eigenvalue weighted by atomic mass is 10.1. The van der Waals surface area contributed by atoms with Crippen LogP contribution in [0.15, 0.2) is 95.9 Å². The predicted octanol–water partition coefficient (Wildman–Crippen LogP) is 6.86. The molecule has 0 saturated carbocycles. The smallest absolute Gasteiger partial charge is 0.264 e. The molecule has 4 aromatic carbocycles. The van der Waals surface area contributed by atoms with Crippen LogP contribution in [-0.4, -0.2) is 25.9 Å². The van der Waals surface area contributed by atoms with Crippen LogP contribution in [0.4, 0.5) is 10.8 Å². The number of para-hydroxylation sites is 1. The molecule has 0 atom stereocenters. The number of halogens is 1. The van der Waals surface area contributed by atoms with E-state index in [1.807, 2.05) is 73.7 Å². The van der Waals surface area contributed by atoms with Gasteiger partial charge in [0.1, 0.15) is 0 Å². The molecule has 0 bridgehead atoms. The summed E-state index contributed by atoms with van der Waals surface area (Å²) in [5.41, 5.74) is 4.78. The van der Waals surface area contributed by atoms with Gasteiger partial charge in [0.25, 0.3) is 15.9 Å². The Morgan fingerprint density at radius 2 is 1.72 bits per heavy atom. The Morgan fingerprint density at radius 3 is 2.49 bits per heavy atom. The minimum atomic E-state index is -3.76. The number of anilines is 2. The van der Waals surface area contributed by atoms with Crippen molar-refractivity contribution in [3.63, 3.8) is 0 Å². The molecule has 0 unspecified atom stereocenters. The maximum absolute atomic E-state index is 13.9. The molecule has 9 heteroatoms. The van der Waals surface area contributed by atoms with Crippen molar-refractivity contribution >= 4 is 59.9 Å². The summed E-state index contributed by atoms with van der Waals surface area (Å²) < 4.78 is 29.2. The molecule has 1 aliphatic rings. The topological polar surface area (TPSA) is 70.6 Å². The van der Waals surface area contributed by atoms with Gasteiger partial charge in [0, 0.05) is 17.1 Å². The molecular formula is C30H24ClN3O3S2. The summed E-state index contributed by atoms with van der Waals surface area (Å²) in [6.45, 7) is 2.66. The van der Waals surface area contributed by atoms with Crippen molar-refractivity contribution in [1.82, 2.24) is 4.98 Å². The number of carbonyl (C=O) groups excluding carboxylic acids is 1. The molecule has 1 aliphatic heterocycles. The summed E-state index contributed by atoms with van der Waals surface area (Å²) >= 11 is 7.67. The van der Waals surface area contributed by atoms with Crippen LogP contribution in [-0.2, 0) is 23.0 Å². The van der Waals surface area contributed by atoms with Crippen molar-refractivity contribution in [2.75, 3.05) is 15.7 Å². The summed E-state index contributed by atoms with van der Waals surface area (Å²) in [5.74, 6) is -0.267. The molecule has 5 aromatic rings. The molecule has 39 heavy (non-hydrogen) atoms. The Labute approximate surface area is 236 Å². The predicted molar refractivity (Wildman–Crippen MR) is 157 cm³/mol. The number of carbonyl (C=O) groups is 1. The Morgan fingerprint density at radius 1 is 1.00 bits per heavy atom. The third-order valence-electron chi connectivity index (χ3n) is 6.83. The normalized spacial score (nSPS) is 13.0. The molecule has 0 aliphatic carbocycles. The van der Waals surface area contributed by atoms with Gasteiger partial charge in [-0.3, -0.25) is 14.0 Å². The lowest BCUT2D eigenvalue weighted by molar-refractivity contribution is 0.0985. The summed E-state index contributed by atoms with van der Waals surface area (Å²) in [7, 11) is -3.76. The zero-order valence-electron chi connectivity index (χ0n) is 21.0. The highest BCUT2D eigenvalue weighted by atomic mass is 35.5. The Balaban J connectivity index is 1.34. The van der Waals surface area contributed by atoms with E-state index in [1.54, 1.807) is 17.0 Å². The van der Waals surface area contributed by atoms with E-state index in [2.05, 4.69) is 0 Å². The van der Waals surface area contributed by atoms with E-state index in [0.717, 1.165) is 26.9 Å². The first-order valence-electron chi connectivity index (χ1n) is 12.4. The largest absolute Gasteiger partial charge is 0.279 e. The number of hydrogen-bond donors (Lipinski definition) is 0. The molecule has 196 valence electrons. The first kappa shape index (κ1) is 25.6. The molecule has 1 amide bonds. The quantitative estimate of drug-likeness (QED) is 0.222. The van der Waals surface area contributed by atoms with E-state index in [4.69, 9.17) is 16.6 Å². The van der Waals surface area contributed by atoms with Crippen LogP contribution in [0.1, 0.15) is 27.0 Å². The molecule has 2 heterocycles. The van der Waals surface area contributed by atoms with Crippen LogP contribution in [0.25, 0.3) is 10.2 Å². The third-order valence-corrected chi connectivity index (χ3v) is 9.90. The number of rotatable bonds is 6. The number of hydrogen-bond acceptors (Lipinski definition) is 5. The van der Waals surface area contributed by atoms with Gasteiger partial charge in [-0.25, -0.2) is 13.4 Å². The lowest BCUT2D eigenvalue weighted by Crippen LogP contribution is -2.31.